The second-order valence-electron chi connectivity index (χ2n) is 5.33. The summed E-state index contributed by atoms with van der Waals surface area (Å²) in [6.45, 7) is 7.95. The van der Waals surface area contributed by atoms with Gasteiger partial charge in [0.2, 0.25) is 0 Å². The summed E-state index contributed by atoms with van der Waals surface area (Å²) in [4.78, 5) is 11.3. The van der Waals surface area contributed by atoms with E-state index in [1.807, 2.05) is 19.1 Å². The van der Waals surface area contributed by atoms with Crippen LogP contribution >= 0.6 is 31.9 Å². The Kier molecular flexibility index (Phi) is 7.70. The maximum Gasteiger partial charge on any atom is 0.258 e. The highest BCUT2D eigenvalue weighted by atomic mass is 79.9. The van der Waals surface area contributed by atoms with Gasteiger partial charge in [0.1, 0.15) is 5.75 Å². The molecule has 1 aromatic carbocycles. The molecule has 0 fully saturated rings. The Labute approximate surface area is 143 Å². The van der Waals surface area contributed by atoms with Crippen LogP contribution in [0.15, 0.2) is 21.1 Å². The Morgan fingerprint density at radius 2 is 1.90 bits per heavy atom. The van der Waals surface area contributed by atoms with Gasteiger partial charge in [0.25, 0.3) is 5.91 Å². The molecule has 118 valence electrons. The third kappa shape index (κ3) is 5.96. The number of halogens is 2. The molecule has 3 N–H and O–H groups in total. The summed E-state index contributed by atoms with van der Waals surface area (Å²) in [5.74, 6) is 0.757. The van der Waals surface area contributed by atoms with Crippen LogP contribution in [0.3, 0.4) is 0 Å². The first-order valence-electron chi connectivity index (χ1n) is 6.99. The minimum atomic E-state index is -0.623. The van der Waals surface area contributed by atoms with Crippen LogP contribution in [0.4, 0.5) is 0 Å². The van der Waals surface area contributed by atoms with Gasteiger partial charge in [-0.15, -0.1) is 0 Å². The van der Waals surface area contributed by atoms with E-state index < -0.39 is 12.0 Å². The summed E-state index contributed by atoms with van der Waals surface area (Å²) in [7, 11) is 0. The van der Waals surface area contributed by atoms with Crippen LogP contribution in [-0.4, -0.2) is 18.6 Å². The van der Waals surface area contributed by atoms with E-state index in [9.17, 15) is 4.79 Å². The molecule has 6 heteroatoms. The maximum absolute atomic E-state index is 11.3. The number of carbonyl (C=O) groups excluding carboxylic acids is 1. The Bertz CT molecular complexity index is 470. The lowest BCUT2D eigenvalue weighted by Gasteiger charge is -2.18. The molecule has 0 aliphatic rings. The largest absolute Gasteiger partial charge is 0.478 e. The van der Waals surface area contributed by atoms with Crippen molar-refractivity contribution in [3.8, 4) is 5.75 Å². The maximum atomic E-state index is 11.3. The molecule has 1 amide bonds. The first-order valence-corrected chi connectivity index (χ1v) is 8.58. The Balaban J connectivity index is 2.82. The van der Waals surface area contributed by atoms with Gasteiger partial charge >= 0.3 is 0 Å². The number of carbonyl (C=O) groups is 1. The molecule has 1 atom stereocenters. The second kappa shape index (κ2) is 8.76. The molecular formula is C15H22Br2N2O2. The van der Waals surface area contributed by atoms with E-state index >= 15 is 0 Å². The van der Waals surface area contributed by atoms with Crippen LogP contribution in [0.25, 0.3) is 0 Å². The van der Waals surface area contributed by atoms with E-state index in [2.05, 4.69) is 51.0 Å². The quantitative estimate of drug-likeness (QED) is 0.673. The standard InChI is InChI=1S/C15H22Br2N2O2/c1-4-13(15(18)20)21-14-11(16)5-10(6-12(14)17)8-19-7-9(2)3/h5-6,9,13,19H,4,7-8H2,1-3H3,(H2,18,20). The normalized spacial score (nSPS) is 12.5. The lowest BCUT2D eigenvalue weighted by Crippen LogP contribution is -2.33. The predicted octanol–water partition coefficient (Wildman–Crippen LogP) is 3.60. The van der Waals surface area contributed by atoms with E-state index in [1.165, 1.54) is 0 Å². The fourth-order valence-electron chi connectivity index (χ4n) is 1.82. The third-order valence-corrected chi connectivity index (χ3v) is 4.07. The summed E-state index contributed by atoms with van der Waals surface area (Å²) >= 11 is 6.98. The van der Waals surface area contributed by atoms with Crippen molar-refractivity contribution >= 4 is 37.8 Å². The van der Waals surface area contributed by atoms with Crippen molar-refractivity contribution < 1.29 is 9.53 Å². The van der Waals surface area contributed by atoms with Crippen LogP contribution in [0, 0.1) is 5.92 Å². The van der Waals surface area contributed by atoms with Crippen LogP contribution in [0.1, 0.15) is 32.8 Å². The highest BCUT2D eigenvalue weighted by Gasteiger charge is 2.18. The van der Waals surface area contributed by atoms with Crippen LogP contribution in [-0.2, 0) is 11.3 Å². The van der Waals surface area contributed by atoms with E-state index in [0.717, 1.165) is 27.6 Å². The second-order valence-corrected chi connectivity index (χ2v) is 7.04. The van der Waals surface area contributed by atoms with Gasteiger partial charge in [-0.1, -0.05) is 20.8 Å². The molecule has 1 aromatic rings. The number of rotatable bonds is 8. The Hall–Kier alpha value is -0.590. The summed E-state index contributed by atoms with van der Waals surface area (Å²) in [5, 5.41) is 3.39. The molecule has 0 bridgehead atoms. The molecule has 0 saturated carbocycles. The van der Waals surface area contributed by atoms with Crippen LogP contribution in [0.2, 0.25) is 0 Å². The number of hydrogen-bond acceptors (Lipinski definition) is 3. The minimum absolute atomic E-state index is 0.459. The first-order chi connectivity index (χ1) is 9.85. The minimum Gasteiger partial charge on any atom is -0.478 e. The van der Waals surface area contributed by atoms with E-state index in [0.29, 0.717) is 18.1 Å². The summed E-state index contributed by atoms with van der Waals surface area (Å²) in [6.07, 6.45) is -0.0890. The average molecular weight is 422 g/mol. The zero-order valence-electron chi connectivity index (χ0n) is 12.6. The van der Waals surface area contributed by atoms with Gasteiger partial charge in [0, 0.05) is 6.54 Å². The topological polar surface area (TPSA) is 64.3 Å². The van der Waals surface area contributed by atoms with Crippen molar-refractivity contribution in [1.82, 2.24) is 5.32 Å². The summed E-state index contributed by atoms with van der Waals surface area (Å²) in [6, 6.07) is 3.97. The lowest BCUT2D eigenvalue weighted by molar-refractivity contribution is -0.124. The Morgan fingerprint density at radius 3 is 2.33 bits per heavy atom. The van der Waals surface area contributed by atoms with E-state index in [4.69, 9.17) is 10.5 Å². The Morgan fingerprint density at radius 1 is 1.33 bits per heavy atom. The number of hydrogen-bond donors (Lipinski definition) is 2. The molecule has 0 aliphatic heterocycles. The molecule has 0 aliphatic carbocycles. The van der Waals surface area contributed by atoms with Gasteiger partial charge in [-0.3, -0.25) is 4.79 Å². The monoisotopic (exact) mass is 420 g/mol. The molecular weight excluding hydrogens is 400 g/mol. The molecule has 1 unspecified atom stereocenters. The van der Waals surface area contributed by atoms with Crippen molar-refractivity contribution in [3.05, 3.63) is 26.6 Å². The summed E-state index contributed by atoms with van der Waals surface area (Å²) in [5.41, 5.74) is 6.45. The fourth-order valence-corrected chi connectivity index (χ4v) is 3.29. The van der Waals surface area contributed by atoms with Crippen LogP contribution in [0.5, 0.6) is 5.75 Å². The molecule has 0 spiro atoms. The molecule has 0 saturated heterocycles. The molecule has 0 radical (unpaired) electrons. The molecule has 21 heavy (non-hydrogen) atoms. The van der Waals surface area contributed by atoms with Crippen molar-refractivity contribution in [3.63, 3.8) is 0 Å². The fraction of sp³-hybridized carbons (Fsp3) is 0.533. The van der Waals surface area contributed by atoms with Gasteiger partial charge in [0.15, 0.2) is 6.10 Å². The smallest absolute Gasteiger partial charge is 0.258 e. The molecule has 1 rings (SSSR count). The van der Waals surface area contributed by atoms with Crippen molar-refractivity contribution in [1.29, 1.82) is 0 Å². The zero-order chi connectivity index (χ0) is 16.0. The number of amides is 1. The average Bonchev–Trinajstić information content (AvgIpc) is 2.37. The van der Waals surface area contributed by atoms with Crippen molar-refractivity contribution in [2.45, 2.75) is 39.8 Å². The molecule has 4 nitrogen and oxygen atoms in total. The number of ether oxygens (including phenoxy) is 1. The highest BCUT2D eigenvalue weighted by molar-refractivity contribution is 9.11. The van der Waals surface area contributed by atoms with Crippen LogP contribution < -0.4 is 15.8 Å². The third-order valence-electron chi connectivity index (χ3n) is 2.89. The molecule has 0 heterocycles. The van der Waals surface area contributed by atoms with Gasteiger partial charge in [-0.05, 0) is 68.4 Å². The van der Waals surface area contributed by atoms with E-state index in [1.54, 1.807) is 0 Å². The SMILES string of the molecule is CCC(Oc1c(Br)cc(CNCC(C)C)cc1Br)C(N)=O. The summed E-state index contributed by atoms with van der Waals surface area (Å²) < 4.78 is 7.30. The van der Waals surface area contributed by atoms with Gasteiger partial charge in [-0.2, -0.15) is 0 Å². The highest BCUT2D eigenvalue weighted by Crippen LogP contribution is 2.35. The van der Waals surface area contributed by atoms with Gasteiger partial charge in [0.05, 0.1) is 8.95 Å². The van der Waals surface area contributed by atoms with E-state index in [-0.39, 0.29) is 0 Å². The molecule has 0 aromatic heterocycles. The van der Waals surface area contributed by atoms with Crippen molar-refractivity contribution in [2.75, 3.05) is 6.54 Å². The first kappa shape index (κ1) is 18.5. The van der Waals surface area contributed by atoms with Gasteiger partial charge in [-0.25, -0.2) is 0 Å². The number of nitrogens with two attached hydrogens (primary N) is 1. The lowest BCUT2D eigenvalue weighted by atomic mass is 10.2. The number of primary amides is 1. The predicted molar refractivity (Wildman–Crippen MR) is 92.3 cm³/mol. The number of nitrogens with one attached hydrogen (secondary N) is 1. The zero-order valence-corrected chi connectivity index (χ0v) is 15.8. The van der Waals surface area contributed by atoms with Crippen molar-refractivity contribution in [2.24, 2.45) is 11.7 Å². The number of benzene rings is 1. The van der Waals surface area contributed by atoms with Gasteiger partial charge < -0.3 is 15.8 Å².